The number of hydrogen-bond donors (Lipinski definition) is 0. The normalized spacial score (nSPS) is 26.2. The Morgan fingerprint density at radius 1 is 0.889 bits per heavy atom. The molecule has 2 aliphatic rings. The molecule has 0 bridgehead atoms. The molecule has 0 spiro atoms. The molecule has 0 amide bonds. The third-order valence-electron chi connectivity index (χ3n) is 5.61. The van der Waals surface area contributed by atoms with Crippen molar-refractivity contribution >= 4 is 18.5 Å². The lowest BCUT2D eigenvalue weighted by molar-refractivity contribution is 0.177. The van der Waals surface area contributed by atoms with Crippen LogP contribution in [0.15, 0.2) is 0 Å². The average Bonchev–Trinajstić information content (AvgIpc) is 2.41. The third-order valence-corrected chi connectivity index (χ3v) is 7.41. The number of rotatable bonds is 4. The first kappa shape index (κ1) is 15.3. The van der Waals surface area contributed by atoms with Gasteiger partial charge in [-0.3, -0.25) is 0 Å². The van der Waals surface area contributed by atoms with E-state index < -0.39 is 0 Å². The summed E-state index contributed by atoms with van der Waals surface area (Å²) in [4.78, 5) is 0.428. The van der Waals surface area contributed by atoms with Crippen LogP contribution >= 0.6 is 18.5 Å². The molecule has 0 aromatic heterocycles. The Bertz CT molecular complexity index is 237. The summed E-state index contributed by atoms with van der Waals surface area (Å²) in [6, 6.07) is 0. The Morgan fingerprint density at radius 2 is 1.39 bits per heavy atom. The summed E-state index contributed by atoms with van der Waals surface area (Å²) in [6.07, 6.45) is 16.2. The van der Waals surface area contributed by atoms with Gasteiger partial charge in [0.15, 0.2) is 0 Å². The summed E-state index contributed by atoms with van der Waals surface area (Å²) in [7, 11) is 6.56. The van der Waals surface area contributed by atoms with E-state index >= 15 is 0 Å². The molecule has 3 unspecified atom stereocenters. The molecule has 0 aliphatic heterocycles. The van der Waals surface area contributed by atoms with Crippen molar-refractivity contribution in [2.24, 2.45) is 17.8 Å². The van der Waals surface area contributed by atoms with Crippen LogP contribution < -0.4 is 0 Å². The van der Waals surface area contributed by atoms with Crippen LogP contribution in [0.5, 0.6) is 0 Å². The van der Waals surface area contributed by atoms with Crippen LogP contribution in [0.2, 0.25) is 0 Å². The fraction of sp³-hybridized carbons (Fsp3) is 1.00. The van der Waals surface area contributed by atoms with Crippen LogP contribution in [0.25, 0.3) is 0 Å². The van der Waals surface area contributed by atoms with E-state index in [0.717, 1.165) is 17.8 Å². The highest BCUT2D eigenvalue weighted by molar-refractivity contribution is 7.40. The maximum atomic E-state index is 3.28. The summed E-state index contributed by atoms with van der Waals surface area (Å²) in [5.41, 5.74) is 0. The van der Waals surface area contributed by atoms with E-state index in [1.54, 1.807) is 0 Å². The van der Waals surface area contributed by atoms with Crippen molar-refractivity contribution in [1.82, 2.24) is 0 Å². The zero-order valence-electron chi connectivity index (χ0n) is 12.2. The van der Waals surface area contributed by atoms with Gasteiger partial charge in [-0.05, 0) is 30.6 Å². The van der Waals surface area contributed by atoms with Crippen LogP contribution in [0.4, 0.5) is 0 Å². The predicted octanol–water partition coefficient (Wildman–Crippen LogP) is 5.62. The van der Waals surface area contributed by atoms with Gasteiger partial charge in [-0.2, -0.15) is 0 Å². The fourth-order valence-corrected chi connectivity index (χ4v) is 6.22. The molecular weight excluding hydrogens is 254 g/mol. The zero-order valence-corrected chi connectivity index (χ0v) is 14.5. The molecule has 106 valence electrons. The molecule has 2 heteroatoms. The van der Waals surface area contributed by atoms with Gasteiger partial charge in [-0.15, -0.1) is 18.5 Å². The molecule has 0 radical (unpaired) electrons. The van der Waals surface area contributed by atoms with E-state index in [0.29, 0.717) is 4.90 Å². The van der Waals surface area contributed by atoms with Gasteiger partial charge in [0.1, 0.15) is 0 Å². The molecule has 3 atom stereocenters. The second-order valence-electron chi connectivity index (χ2n) is 6.75. The van der Waals surface area contributed by atoms with E-state index in [1.165, 1.54) is 70.6 Å². The van der Waals surface area contributed by atoms with E-state index in [2.05, 4.69) is 25.4 Å². The first-order valence-corrected chi connectivity index (χ1v) is 9.39. The third kappa shape index (κ3) is 3.49. The zero-order chi connectivity index (χ0) is 13.0. The summed E-state index contributed by atoms with van der Waals surface area (Å²) >= 11 is 0. The van der Waals surface area contributed by atoms with Crippen LogP contribution in [-0.4, -0.2) is 4.90 Å². The highest BCUT2D eigenvalue weighted by Crippen LogP contribution is 2.53. The molecular formula is C16H32P2. The van der Waals surface area contributed by atoms with Gasteiger partial charge in [-0.1, -0.05) is 64.7 Å². The van der Waals surface area contributed by atoms with Crippen molar-refractivity contribution in [2.45, 2.75) is 82.4 Å². The van der Waals surface area contributed by atoms with Gasteiger partial charge in [0.05, 0.1) is 0 Å². The summed E-state index contributed by atoms with van der Waals surface area (Å²) in [5, 5.41) is 0. The van der Waals surface area contributed by atoms with Crippen molar-refractivity contribution < 1.29 is 0 Å². The topological polar surface area (TPSA) is 0 Å². The lowest BCUT2D eigenvalue weighted by Crippen LogP contribution is -2.39. The van der Waals surface area contributed by atoms with Crippen molar-refractivity contribution in [1.29, 1.82) is 0 Å². The van der Waals surface area contributed by atoms with Crippen molar-refractivity contribution in [3.8, 4) is 0 Å². The molecule has 0 heterocycles. The fourth-order valence-electron chi connectivity index (χ4n) is 4.54. The first-order valence-electron chi connectivity index (χ1n) is 8.24. The minimum Gasteiger partial charge on any atom is -0.126 e. The molecule has 2 fully saturated rings. The van der Waals surface area contributed by atoms with Gasteiger partial charge in [-0.25, -0.2) is 0 Å². The molecule has 0 saturated heterocycles. The minimum atomic E-state index is 0.428. The van der Waals surface area contributed by atoms with E-state index in [-0.39, 0.29) is 0 Å². The predicted molar refractivity (Wildman–Crippen MR) is 89.1 cm³/mol. The van der Waals surface area contributed by atoms with E-state index in [9.17, 15) is 0 Å². The van der Waals surface area contributed by atoms with Gasteiger partial charge < -0.3 is 0 Å². The summed E-state index contributed by atoms with van der Waals surface area (Å²) in [5.74, 6) is 2.85. The van der Waals surface area contributed by atoms with E-state index in [4.69, 9.17) is 0 Å². The van der Waals surface area contributed by atoms with Crippen LogP contribution in [-0.2, 0) is 0 Å². The standard InChI is InChI=1S/C16H32P2/c1-2-15(13-9-5-3-6-10-13)16(17,18)14-11-7-4-8-12-14/h13-15H,2-12,17-18H2,1H3. The lowest BCUT2D eigenvalue weighted by Gasteiger charge is -2.46. The molecule has 0 aromatic rings. The van der Waals surface area contributed by atoms with Gasteiger partial charge in [0.2, 0.25) is 0 Å². The molecule has 2 saturated carbocycles. The first-order chi connectivity index (χ1) is 8.66. The monoisotopic (exact) mass is 286 g/mol. The maximum absolute atomic E-state index is 3.28. The molecule has 0 nitrogen and oxygen atoms in total. The molecule has 0 N–H and O–H groups in total. The van der Waals surface area contributed by atoms with Gasteiger partial charge >= 0.3 is 0 Å². The Balaban J connectivity index is 2.03. The quantitative estimate of drug-likeness (QED) is 0.588. The van der Waals surface area contributed by atoms with Crippen LogP contribution in [0, 0.1) is 17.8 Å². The number of hydrogen-bond acceptors (Lipinski definition) is 0. The summed E-state index contributed by atoms with van der Waals surface area (Å²) < 4.78 is 0. The second kappa shape index (κ2) is 7.04. The average molecular weight is 286 g/mol. The molecule has 18 heavy (non-hydrogen) atoms. The second-order valence-corrected chi connectivity index (χ2v) is 9.41. The largest absolute Gasteiger partial charge is 0.126 e. The van der Waals surface area contributed by atoms with Crippen molar-refractivity contribution in [3.05, 3.63) is 0 Å². The summed E-state index contributed by atoms with van der Waals surface area (Å²) in [6.45, 7) is 2.42. The molecule has 2 aliphatic carbocycles. The minimum absolute atomic E-state index is 0.428. The van der Waals surface area contributed by atoms with Crippen LogP contribution in [0.3, 0.4) is 0 Å². The van der Waals surface area contributed by atoms with Gasteiger partial charge in [0.25, 0.3) is 0 Å². The highest BCUT2D eigenvalue weighted by Gasteiger charge is 2.40. The Kier molecular flexibility index (Phi) is 5.96. The van der Waals surface area contributed by atoms with Gasteiger partial charge in [0, 0.05) is 4.90 Å². The van der Waals surface area contributed by atoms with E-state index in [1.807, 2.05) is 0 Å². The van der Waals surface area contributed by atoms with Crippen LogP contribution in [0.1, 0.15) is 77.6 Å². The maximum Gasteiger partial charge on any atom is 0.00513 e. The smallest absolute Gasteiger partial charge is 0.00513 e. The molecule has 2 rings (SSSR count). The van der Waals surface area contributed by atoms with Crippen molar-refractivity contribution in [2.75, 3.05) is 0 Å². The Hall–Kier alpha value is 0.860. The molecule has 0 aromatic carbocycles. The Morgan fingerprint density at radius 3 is 1.89 bits per heavy atom. The Labute approximate surface area is 119 Å². The van der Waals surface area contributed by atoms with Crippen molar-refractivity contribution in [3.63, 3.8) is 0 Å². The highest BCUT2D eigenvalue weighted by atomic mass is 31.1. The SMILES string of the molecule is CCC(C1CCCCC1)C(P)(P)C1CCCCC1. The lowest BCUT2D eigenvalue weighted by atomic mass is 9.72.